The van der Waals surface area contributed by atoms with E-state index in [-0.39, 0.29) is 0 Å². The number of likely N-dealkylation sites (tertiary alicyclic amines) is 1. The number of benzene rings is 1. The van der Waals surface area contributed by atoms with Crippen molar-refractivity contribution in [2.75, 3.05) is 45.7 Å². The number of ether oxygens (including phenoxy) is 2. The highest BCUT2D eigenvalue weighted by molar-refractivity contribution is 5.59. The van der Waals surface area contributed by atoms with Gasteiger partial charge >= 0.3 is 0 Å². The van der Waals surface area contributed by atoms with Gasteiger partial charge in [-0.1, -0.05) is 6.42 Å². The number of hydrogen-bond donors (Lipinski definition) is 1. The second kappa shape index (κ2) is 7.24. The molecule has 4 heteroatoms. The van der Waals surface area contributed by atoms with Crippen LogP contribution in [0.1, 0.15) is 19.3 Å². The highest BCUT2D eigenvalue weighted by atomic mass is 16.5. The zero-order valence-corrected chi connectivity index (χ0v) is 11.9. The largest absolute Gasteiger partial charge is 0.497 e. The zero-order chi connectivity index (χ0) is 13.5. The number of nitrogens with one attached hydrogen (secondary N) is 1. The highest BCUT2D eigenvalue weighted by Gasteiger charge is 2.10. The highest BCUT2D eigenvalue weighted by Crippen LogP contribution is 2.28. The molecule has 1 aliphatic rings. The summed E-state index contributed by atoms with van der Waals surface area (Å²) in [5.41, 5.74) is 0.999. The van der Waals surface area contributed by atoms with Crippen LogP contribution in [0.4, 0.5) is 5.69 Å². The molecule has 1 fully saturated rings. The molecule has 0 saturated carbocycles. The lowest BCUT2D eigenvalue weighted by molar-refractivity contribution is 0.237. The summed E-state index contributed by atoms with van der Waals surface area (Å²) in [5, 5.41) is 3.44. The third kappa shape index (κ3) is 4.03. The second-order valence-corrected chi connectivity index (χ2v) is 4.90. The summed E-state index contributed by atoms with van der Waals surface area (Å²) in [6.45, 7) is 4.48. The molecule has 1 saturated heterocycles. The molecule has 0 spiro atoms. The molecule has 0 amide bonds. The van der Waals surface area contributed by atoms with Gasteiger partial charge in [0.15, 0.2) is 0 Å². The van der Waals surface area contributed by atoms with Crippen molar-refractivity contribution in [3.05, 3.63) is 18.2 Å². The van der Waals surface area contributed by atoms with Crippen LogP contribution in [-0.4, -0.2) is 45.3 Å². The number of anilines is 1. The van der Waals surface area contributed by atoms with E-state index in [4.69, 9.17) is 9.47 Å². The molecule has 0 radical (unpaired) electrons. The standard InChI is InChI=1S/C15H24N2O2/c1-18-13-6-7-15(19-2)14(12-13)16-8-11-17-9-4-3-5-10-17/h6-7,12,16H,3-5,8-11H2,1-2H3. The van der Waals surface area contributed by atoms with Crippen LogP contribution in [0.15, 0.2) is 18.2 Å². The van der Waals surface area contributed by atoms with E-state index in [0.717, 1.165) is 30.3 Å². The Kier molecular flexibility index (Phi) is 5.33. The maximum Gasteiger partial charge on any atom is 0.142 e. The number of piperidine rings is 1. The predicted octanol–water partition coefficient (Wildman–Crippen LogP) is 2.60. The third-order valence-electron chi connectivity index (χ3n) is 3.60. The van der Waals surface area contributed by atoms with Crippen LogP contribution in [0.2, 0.25) is 0 Å². The van der Waals surface area contributed by atoms with Crippen LogP contribution in [0.3, 0.4) is 0 Å². The van der Waals surface area contributed by atoms with Crippen molar-refractivity contribution in [1.82, 2.24) is 4.90 Å². The molecule has 0 atom stereocenters. The van der Waals surface area contributed by atoms with E-state index in [2.05, 4.69) is 10.2 Å². The Morgan fingerprint density at radius 3 is 2.58 bits per heavy atom. The summed E-state index contributed by atoms with van der Waals surface area (Å²) in [5.74, 6) is 1.71. The fourth-order valence-corrected chi connectivity index (χ4v) is 2.48. The first-order chi connectivity index (χ1) is 9.33. The molecule has 0 aliphatic carbocycles. The molecule has 1 aromatic carbocycles. The smallest absolute Gasteiger partial charge is 0.142 e. The van der Waals surface area contributed by atoms with Crippen LogP contribution in [0.5, 0.6) is 11.5 Å². The molecule has 1 aliphatic heterocycles. The lowest BCUT2D eigenvalue weighted by Crippen LogP contribution is -2.33. The Morgan fingerprint density at radius 1 is 1.11 bits per heavy atom. The second-order valence-electron chi connectivity index (χ2n) is 4.90. The molecule has 1 heterocycles. The summed E-state index contributed by atoms with van der Waals surface area (Å²) in [4.78, 5) is 2.52. The Morgan fingerprint density at radius 2 is 1.89 bits per heavy atom. The first kappa shape index (κ1) is 14.0. The topological polar surface area (TPSA) is 33.7 Å². The average Bonchev–Trinajstić information content (AvgIpc) is 2.48. The molecule has 4 nitrogen and oxygen atoms in total. The van der Waals surface area contributed by atoms with E-state index in [9.17, 15) is 0 Å². The molecule has 19 heavy (non-hydrogen) atoms. The van der Waals surface area contributed by atoms with Crippen molar-refractivity contribution in [1.29, 1.82) is 0 Å². The number of nitrogens with zero attached hydrogens (tertiary/aromatic N) is 1. The molecule has 106 valence electrons. The minimum absolute atomic E-state index is 0.848. The first-order valence-corrected chi connectivity index (χ1v) is 7.02. The summed E-state index contributed by atoms with van der Waals surface area (Å²) in [6.07, 6.45) is 4.05. The Labute approximate surface area is 115 Å². The van der Waals surface area contributed by atoms with Gasteiger partial charge in [0.05, 0.1) is 19.9 Å². The van der Waals surface area contributed by atoms with Gasteiger partial charge in [-0.3, -0.25) is 0 Å². The third-order valence-corrected chi connectivity index (χ3v) is 3.60. The monoisotopic (exact) mass is 264 g/mol. The molecule has 1 aromatic rings. The molecule has 1 N–H and O–H groups in total. The Balaban J connectivity index is 1.86. The van der Waals surface area contributed by atoms with E-state index in [1.807, 2.05) is 18.2 Å². The Bertz CT molecular complexity index is 390. The van der Waals surface area contributed by atoms with E-state index in [0.29, 0.717) is 0 Å². The van der Waals surface area contributed by atoms with Gasteiger partial charge in [-0.25, -0.2) is 0 Å². The van der Waals surface area contributed by atoms with Crippen molar-refractivity contribution in [3.8, 4) is 11.5 Å². The minimum atomic E-state index is 0.848. The number of hydrogen-bond acceptors (Lipinski definition) is 4. The van der Waals surface area contributed by atoms with E-state index in [1.54, 1.807) is 14.2 Å². The summed E-state index contributed by atoms with van der Waals surface area (Å²) in [6, 6.07) is 5.83. The van der Waals surface area contributed by atoms with Crippen LogP contribution >= 0.6 is 0 Å². The van der Waals surface area contributed by atoms with Crippen molar-refractivity contribution in [3.63, 3.8) is 0 Å². The lowest BCUT2D eigenvalue weighted by atomic mass is 10.1. The fourth-order valence-electron chi connectivity index (χ4n) is 2.48. The van der Waals surface area contributed by atoms with Gasteiger partial charge < -0.3 is 19.7 Å². The minimum Gasteiger partial charge on any atom is -0.497 e. The normalized spacial score (nSPS) is 16.1. The molecule has 0 unspecified atom stereocenters. The molecule has 0 bridgehead atoms. The SMILES string of the molecule is COc1ccc(OC)c(NCCN2CCCCC2)c1. The molecule has 0 aromatic heterocycles. The number of methoxy groups -OCH3 is 2. The summed E-state index contributed by atoms with van der Waals surface area (Å²) < 4.78 is 10.6. The maximum absolute atomic E-state index is 5.36. The van der Waals surface area contributed by atoms with E-state index in [1.165, 1.54) is 32.4 Å². The van der Waals surface area contributed by atoms with E-state index < -0.39 is 0 Å². The van der Waals surface area contributed by atoms with Crippen molar-refractivity contribution >= 4 is 5.69 Å². The van der Waals surface area contributed by atoms with Gasteiger partial charge in [-0.05, 0) is 38.1 Å². The van der Waals surface area contributed by atoms with Gasteiger partial charge in [0.1, 0.15) is 11.5 Å². The Hall–Kier alpha value is -1.42. The van der Waals surface area contributed by atoms with Crippen LogP contribution in [-0.2, 0) is 0 Å². The summed E-state index contributed by atoms with van der Waals surface area (Å²) >= 11 is 0. The van der Waals surface area contributed by atoms with Gasteiger partial charge in [0.2, 0.25) is 0 Å². The first-order valence-electron chi connectivity index (χ1n) is 7.02. The quantitative estimate of drug-likeness (QED) is 0.856. The van der Waals surface area contributed by atoms with Gasteiger partial charge in [-0.15, -0.1) is 0 Å². The van der Waals surface area contributed by atoms with Crippen LogP contribution in [0, 0.1) is 0 Å². The number of rotatable bonds is 6. The van der Waals surface area contributed by atoms with Crippen molar-refractivity contribution in [2.45, 2.75) is 19.3 Å². The summed E-state index contributed by atoms with van der Waals surface area (Å²) in [7, 11) is 3.37. The maximum atomic E-state index is 5.36. The van der Waals surface area contributed by atoms with E-state index >= 15 is 0 Å². The van der Waals surface area contributed by atoms with Crippen LogP contribution in [0.25, 0.3) is 0 Å². The van der Waals surface area contributed by atoms with Crippen molar-refractivity contribution in [2.24, 2.45) is 0 Å². The predicted molar refractivity (Wildman–Crippen MR) is 78.3 cm³/mol. The van der Waals surface area contributed by atoms with Gasteiger partial charge in [0.25, 0.3) is 0 Å². The molecular formula is C15H24N2O2. The van der Waals surface area contributed by atoms with Crippen LogP contribution < -0.4 is 14.8 Å². The molecule has 2 rings (SSSR count). The van der Waals surface area contributed by atoms with Crippen molar-refractivity contribution < 1.29 is 9.47 Å². The van der Waals surface area contributed by atoms with Gasteiger partial charge in [-0.2, -0.15) is 0 Å². The average molecular weight is 264 g/mol. The zero-order valence-electron chi connectivity index (χ0n) is 11.9. The van der Waals surface area contributed by atoms with Gasteiger partial charge in [0, 0.05) is 19.2 Å². The fraction of sp³-hybridized carbons (Fsp3) is 0.600. The molecular weight excluding hydrogens is 240 g/mol. The lowest BCUT2D eigenvalue weighted by Gasteiger charge is -2.26.